The molecule has 0 bridgehead atoms. The number of halogens is 1. The zero-order valence-corrected chi connectivity index (χ0v) is 20.9. The van der Waals surface area contributed by atoms with Crippen molar-refractivity contribution in [2.45, 2.75) is 26.1 Å². The van der Waals surface area contributed by atoms with Gasteiger partial charge in [-0.3, -0.25) is 0 Å². The van der Waals surface area contributed by atoms with Gasteiger partial charge in [0.2, 0.25) is 0 Å². The summed E-state index contributed by atoms with van der Waals surface area (Å²) in [6, 6.07) is 18.8. The van der Waals surface area contributed by atoms with E-state index in [1.807, 2.05) is 19.1 Å². The van der Waals surface area contributed by atoms with E-state index in [0.29, 0.717) is 19.0 Å². The number of nitrogens with zero attached hydrogens (tertiary/aromatic N) is 2. The number of fused-ring (bicyclic) bond motifs is 1. The van der Waals surface area contributed by atoms with Crippen LogP contribution in [-0.4, -0.2) is 43.2 Å². The Morgan fingerprint density at radius 2 is 1.83 bits per heavy atom. The number of aliphatic hydroxyl groups excluding tert-OH is 1. The SMILES string of the molecule is CCNC(=NCc1cccc(CN(C)C)c1)NCC(O)c1cc2ccccc2s1.I. The molecule has 5 nitrogen and oxygen atoms in total. The molecule has 30 heavy (non-hydrogen) atoms. The fourth-order valence-corrected chi connectivity index (χ4v) is 4.21. The van der Waals surface area contributed by atoms with Crippen molar-refractivity contribution in [3.05, 3.63) is 70.6 Å². The molecule has 0 radical (unpaired) electrons. The van der Waals surface area contributed by atoms with Crippen LogP contribution < -0.4 is 10.6 Å². The second-order valence-corrected chi connectivity index (χ2v) is 8.45. The minimum Gasteiger partial charge on any atom is -0.386 e. The number of thiophene rings is 1. The molecular weight excluding hydrogens is 507 g/mol. The maximum atomic E-state index is 10.6. The van der Waals surface area contributed by atoms with Crippen LogP contribution >= 0.6 is 35.3 Å². The van der Waals surface area contributed by atoms with Crippen molar-refractivity contribution >= 4 is 51.4 Å². The fourth-order valence-electron chi connectivity index (χ4n) is 3.16. The lowest BCUT2D eigenvalue weighted by molar-refractivity contribution is 0.184. The highest BCUT2D eigenvalue weighted by Gasteiger charge is 2.12. The first-order valence-electron chi connectivity index (χ1n) is 9.96. The molecule has 3 rings (SSSR count). The molecule has 0 aliphatic rings. The molecule has 3 aromatic rings. The zero-order valence-electron chi connectivity index (χ0n) is 17.8. The highest BCUT2D eigenvalue weighted by Crippen LogP contribution is 2.29. The summed E-state index contributed by atoms with van der Waals surface area (Å²) in [5.74, 6) is 0.714. The van der Waals surface area contributed by atoms with Gasteiger partial charge in [-0.1, -0.05) is 42.5 Å². The van der Waals surface area contributed by atoms with Crippen LogP contribution in [0, 0.1) is 0 Å². The number of hydrogen-bond donors (Lipinski definition) is 3. The van der Waals surface area contributed by atoms with Crippen LogP contribution in [0.4, 0.5) is 0 Å². The summed E-state index contributed by atoms with van der Waals surface area (Å²) < 4.78 is 1.19. The third-order valence-corrected chi connectivity index (χ3v) is 5.71. The molecule has 1 aromatic heterocycles. The number of aliphatic imine (C=N–C) groups is 1. The largest absolute Gasteiger partial charge is 0.386 e. The molecule has 0 aliphatic carbocycles. The minimum absolute atomic E-state index is 0. The second-order valence-electron chi connectivity index (χ2n) is 7.34. The Kier molecular flexibility index (Phi) is 10.0. The van der Waals surface area contributed by atoms with Crippen molar-refractivity contribution in [2.75, 3.05) is 27.2 Å². The van der Waals surface area contributed by atoms with Crippen LogP contribution in [0.5, 0.6) is 0 Å². The van der Waals surface area contributed by atoms with Gasteiger partial charge < -0.3 is 20.6 Å². The summed E-state index contributed by atoms with van der Waals surface area (Å²) in [6.45, 7) is 4.73. The van der Waals surface area contributed by atoms with Gasteiger partial charge in [0.25, 0.3) is 0 Å². The third-order valence-electron chi connectivity index (χ3n) is 4.49. The highest BCUT2D eigenvalue weighted by atomic mass is 127. The molecule has 1 heterocycles. The molecule has 3 N–H and O–H groups in total. The minimum atomic E-state index is -0.570. The van der Waals surface area contributed by atoms with Gasteiger partial charge >= 0.3 is 0 Å². The van der Waals surface area contributed by atoms with Gasteiger partial charge in [0.05, 0.1) is 6.54 Å². The van der Waals surface area contributed by atoms with E-state index >= 15 is 0 Å². The second kappa shape index (κ2) is 12.2. The number of aliphatic hydroxyl groups is 1. The van der Waals surface area contributed by atoms with E-state index < -0.39 is 6.10 Å². The molecule has 0 saturated heterocycles. The Morgan fingerprint density at radius 3 is 2.57 bits per heavy atom. The lowest BCUT2D eigenvalue weighted by Gasteiger charge is -2.14. The highest BCUT2D eigenvalue weighted by molar-refractivity contribution is 14.0. The predicted octanol–water partition coefficient (Wildman–Crippen LogP) is 4.37. The van der Waals surface area contributed by atoms with Gasteiger partial charge in [-0.15, -0.1) is 35.3 Å². The Bertz CT molecular complexity index is 924. The van der Waals surface area contributed by atoms with E-state index in [-0.39, 0.29) is 24.0 Å². The van der Waals surface area contributed by atoms with Crippen molar-refractivity contribution in [1.29, 1.82) is 0 Å². The van der Waals surface area contributed by atoms with Gasteiger partial charge in [0.1, 0.15) is 6.10 Å². The van der Waals surface area contributed by atoms with Crippen LogP contribution in [0.1, 0.15) is 29.0 Å². The van der Waals surface area contributed by atoms with Crippen LogP contribution in [0.3, 0.4) is 0 Å². The van der Waals surface area contributed by atoms with E-state index in [9.17, 15) is 5.11 Å². The molecule has 0 fully saturated rings. The van der Waals surface area contributed by atoms with Gasteiger partial charge in [-0.05, 0) is 49.7 Å². The molecule has 0 spiro atoms. The monoisotopic (exact) mass is 538 g/mol. The first-order valence-corrected chi connectivity index (χ1v) is 10.8. The normalized spacial score (nSPS) is 12.6. The number of hydrogen-bond acceptors (Lipinski definition) is 4. The Morgan fingerprint density at radius 1 is 1.07 bits per heavy atom. The summed E-state index contributed by atoms with van der Waals surface area (Å²) in [5.41, 5.74) is 2.45. The maximum Gasteiger partial charge on any atom is 0.191 e. The van der Waals surface area contributed by atoms with E-state index in [0.717, 1.165) is 18.0 Å². The van der Waals surface area contributed by atoms with Crippen molar-refractivity contribution in [1.82, 2.24) is 15.5 Å². The summed E-state index contributed by atoms with van der Waals surface area (Å²) in [4.78, 5) is 7.81. The predicted molar refractivity (Wildman–Crippen MR) is 139 cm³/mol. The first-order chi connectivity index (χ1) is 14.0. The number of nitrogens with one attached hydrogen (secondary N) is 2. The topological polar surface area (TPSA) is 59.9 Å². The first kappa shape index (κ1) is 24.6. The standard InChI is InChI=1S/C23H30N4OS.HI/c1-4-24-23(25-14-17-8-7-9-18(12-17)16-27(2)3)26-15-20(28)22-13-19-10-5-6-11-21(19)29-22;/h5-13,20,28H,4,14-16H2,1-3H3,(H2,24,25,26);1H. The molecule has 1 atom stereocenters. The molecule has 0 aliphatic heterocycles. The van der Waals surface area contributed by atoms with E-state index in [1.54, 1.807) is 11.3 Å². The van der Waals surface area contributed by atoms with Crippen LogP contribution in [-0.2, 0) is 13.1 Å². The van der Waals surface area contributed by atoms with Crippen LogP contribution in [0.2, 0.25) is 0 Å². The quantitative estimate of drug-likeness (QED) is 0.227. The molecule has 2 aromatic carbocycles. The van der Waals surface area contributed by atoms with Gasteiger partial charge in [-0.2, -0.15) is 0 Å². The van der Waals surface area contributed by atoms with Gasteiger partial charge in [0.15, 0.2) is 5.96 Å². The van der Waals surface area contributed by atoms with Crippen molar-refractivity contribution < 1.29 is 5.11 Å². The van der Waals surface area contributed by atoms with Crippen LogP contribution in [0.15, 0.2) is 59.6 Å². The third kappa shape index (κ3) is 7.23. The average Bonchev–Trinajstić information content (AvgIpc) is 3.14. The molecule has 162 valence electrons. The number of guanidine groups is 1. The summed E-state index contributed by atoms with van der Waals surface area (Å²) >= 11 is 1.63. The van der Waals surface area contributed by atoms with Crippen molar-refractivity contribution in [3.63, 3.8) is 0 Å². The lowest BCUT2D eigenvalue weighted by Crippen LogP contribution is -2.39. The lowest BCUT2D eigenvalue weighted by atomic mass is 10.1. The van der Waals surface area contributed by atoms with Gasteiger partial charge in [0, 0.05) is 29.2 Å². The fraction of sp³-hybridized carbons (Fsp3) is 0.348. The van der Waals surface area contributed by atoms with E-state index in [1.165, 1.54) is 21.2 Å². The van der Waals surface area contributed by atoms with Crippen molar-refractivity contribution in [2.24, 2.45) is 4.99 Å². The average molecular weight is 538 g/mol. The zero-order chi connectivity index (χ0) is 20.6. The smallest absolute Gasteiger partial charge is 0.191 e. The summed E-state index contributed by atoms with van der Waals surface area (Å²) in [7, 11) is 4.14. The molecule has 7 heteroatoms. The van der Waals surface area contributed by atoms with Crippen LogP contribution in [0.25, 0.3) is 10.1 Å². The number of rotatable bonds is 8. The van der Waals surface area contributed by atoms with E-state index in [4.69, 9.17) is 0 Å². The molecule has 0 saturated carbocycles. The number of benzene rings is 2. The Labute approximate surface area is 200 Å². The Hall–Kier alpha value is -1.68. The summed E-state index contributed by atoms with van der Waals surface area (Å²) in [5, 5.41) is 18.3. The summed E-state index contributed by atoms with van der Waals surface area (Å²) in [6.07, 6.45) is -0.570. The maximum absolute atomic E-state index is 10.6. The Balaban J connectivity index is 0.00000320. The molecular formula is C23H31IN4OS. The molecule has 0 amide bonds. The molecule has 1 unspecified atom stereocenters. The van der Waals surface area contributed by atoms with Gasteiger partial charge in [-0.25, -0.2) is 4.99 Å². The van der Waals surface area contributed by atoms with E-state index in [2.05, 4.69) is 77.1 Å². The van der Waals surface area contributed by atoms with Crippen molar-refractivity contribution in [3.8, 4) is 0 Å².